The molecule has 160 valence electrons. The number of Topliss-reactive ketones (excluding diaryl/α,β-unsaturated/α-hetero) is 1. The molecule has 0 spiro atoms. The molecule has 1 saturated heterocycles. The Bertz CT molecular complexity index is 1150. The van der Waals surface area contributed by atoms with Gasteiger partial charge in [-0.05, 0) is 50.6 Å². The minimum absolute atomic E-state index is 0.0654. The Morgan fingerprint density at radius 3 is 2.32 bits per heavy atom. The van der Waals surface area contributed by atoms with Crippen LogP contribution in [0.25, 0.3) is 5.69 Å². The third-order valence-corrected chi connectivity index (χ3v) is 5.85. The molecule has 0 saturated carbocycles. The maximum absolute atomic E-state index is 14.5. The van der Waals surface area contributed by atoms with E-state index in [9.17, 15) is 14.0 Å². The molecular formula is C24H25FN4O2. The van der Waals surface area contributed by atoms with Gasteiger partial charge in [0.1, 0.15) is 5.82 Å². The number of rotatable bonds is 4. The number of piperazine rings is 1. The van der Waals surface area contributed by atoms with Crippen molar-refractivity contribution in [2.24, 2.45) is 0 Å². The average molecular weight is 420 g/mol. The highest BCUT2D eigenvalue weighted by atomic mass is 19.1. The van der Waals surface area contributed by atoms with Crippen molar-refractivity contribution in [3.63, 3.8) is 0 Å². The molecule has 31 heavy (non-hydrogen) atoms. The Kier molecular flexibility index (Phi) is 5.59. The topological polar surface area (TPSA) is 58.4 Å². The fraction of sp³-hybridized carbons (Fsp3) is 0.292. The number of halogens is 1. The predicted molar refractivity (Wildman–Crippen MR) is 118 cm³/mol. The van der Waals surface area contributed by atoms with Gasteiger partial charge in [0.05, 0.1) is 28.8 Å². The zero-order chi connectivity index (χ0) is 22.1. The molecule has 6 nitrogen and oxygen atoms in total. The van der Waals surface area contributed by atoms with E-state index in [-0.39, 0.29) is 11.7 Å². The fourth-order valence-electron chi connectivity index (χ4n) is 3.97. The molecule has 0 atom stereocenters. The van der Waals surface area contributed by atoms with E-state index >= 15 is 0 Å². The Labute approximate surface area is 180 Å². The maximum atomic E-state index is 14.5. The first-order valence-electron chi connectivity index (χ1n) is 10.3. The number of hydrogen-bond acceptors (Lipinski definition) is 4. The van der Waals surface area contributed by atoms with Crippen LogP contribution in [0, 0.1) is 19.7 Å². The number of aromatic nitrogens is 2. The number of para-hydroxylation sites is 1. The van der Waals surface area contributed by atoms with Crippen LogP contribution in [0.2, 0.25) is 0 Å². The summed E-state index contributed by atoms with van der Waals surface area (Å²) in [5, 5.41) is 4.44. The van der Waals surface area contributed by atoms with Crippen LogP contribution in [0.1, 0.15) is 38.9 Å². The standard InChI is InChI=1S/C24H25FN4O2/c1-16-6-4-5-7-22(16)29-17(2)20(15-26-29)24(31)28-12-10-27(11-13-28)23-9-8-19(18(3)30)14-21(23)25/h4-9,14-15H,10-13H2,1-3H3. The highest BCUT2D eigenvalue weighted by molar-refractivity contribution is 5.95. The first-order chi connectivity index (χ1) is 14.9. The molecule has 0 unspecified atom stereocenters. The number of carbonyl (C=O) groups is 2. The monoisotopic (exact) mass is 420 g/mol. The van der Waals surface area contributed by atoms with E-state index in [1.165, 1.54) is 13.0 Å². The molecule has 1 fully saturated rings. The summed E-state index contributed by atoms with van der Waals surface area (Å²) in [4.78, 5) is 28.3. The summed E-state index contributed by atoms with van der Waals surface area (Å²) < 4.78 is 16.3. The second-order valence-corrected chi connectivity index (χ2v) is 7.84. The van der Waals surface area contributed by atoms with Crippen molar-refractivity contribution in [1.82, 2.24) is 14.7 Å². The number of anilines is 1. The second kappa shape index (κ2) is 8.34. The van der Waals surface area contributed by atoms with Crippen molar-refractivity contribution in [2.75, 3.05) is 31.1 Å². The molecule has 0 bridgehead atoms. The third kappa shape index (κ3) is 3.95. The summed E-state index contributed by atoms with van der Waals surface area (Å²) in [7, 11) is 0. The molecule has 1 amide bonds. The van der Waals surface area contributed by atoms with Gasteiger partial charge in [0, 0.05) is 31.7 Å². The number of benzene rings is 2. The van der Waals surface area contributed by atoms with Crippen molar-refractivity contribution in [1.29, 1.82) is 0 Å². The fourth-order valence-corrected chi connectivity index (χ4v) is 3.97. The number of amides is 1. The number of nitrogens with zero attached hydrogens (tertiary/aromatic N) is 4. The van der Waals surface area contributed by atoms with Crippen LogP contribution in [0.5, 0.6) is 0 Å². The van der Waals surface area contributed by atoms with Crippen LogP contribution in [0.15, 0.2) is 48.7 Å². The average Bonchev–Trinajstić information content (AvgIpc) is 3.14. The number of hydrogen-bond donors (Lipinski definition) is 0. The summed E-state index contributed by atoms with van der Waals surface area (Å²) >= 11 is 0. The normalized spacial score (nSPS) is 14.1. The van der Waals surface area contributed by atoms with Crippen LogP contribution in [-0.2, 0) is 0 Å². The lowest BCUT2D eigenvalue weighted by atomic mass is 10.1. The Balaban J connectivity index is 1.47. The molecule has 0 N–H and O–H groups in total. The van der Waals surface area contributed by atoms with Gasteiger partial charge in [-0.1, -0.05) is 18.2 Å². The van der Waals surface area contributed by atoms with E-state index < -0.39 is 5.82 Å². The van der Waals surface area contributed by atoms with Crippen LogP contribution in [0.4, 0.5) is 10.1 Å². The SMILES string of the molecule is CC(=O)c1ccc(N2CCN(C(=O)c3cnn(-c4ccccc4C)c3C)CC2)c(F)c1. The molecule has 0 radical (unpaired) electrons. The smallest absolute Gasteiger partial charge is 0.257 e. The van der Waals surface area contributed by atoms with Crippen LogP contribution >= 0.6 is 0 Å². The van der Waals surface area contributed by atoms with Gasteiger partial charge >= 0.3 is 0 Å². The Hall–Kier alpha value is -3.48. The largest absolute Gasteiger partial charge is 0.366 e. The van der Waals surface area contributed by atoms with E-state index in [0.29, 0.717) is 43.0 Å². The van der Waals surface area contributed by atoms with Gasteiger partial charge in [0.2, 0.25) is 0 Å². The summed E-state index contributed by atoms with van der Waals surface area (Å²) in [6.45, 7) is 7.35. The van der Waals surface area contributed by atoms with Gasteiger partial charge in [0.15, 0.2) is 5.78 Å². The van der Waals surface area contributed by atoms with Crippen LogP contribution in [0.3, 0.4) is 0 Å². The first-order valence-corrected chi connectivity index (χ1v) is 10.3. The van der Waals surface area contributed by atoms with Gasteiger partial charge in [-0.25, -0.2) is 9.07 Å². The minimum Gasteiger partial charge on any atom is -0.366 e. The van der Waals surface area contributed by atoms with Gasteiger partial charge in [-0.3, -0.25) is 9.59 Å². The predicted octanol–water partition coefficient (Wildman–Crippen LogP) is 3.79. The van der Waals surface area contributed by atoms with Gasteiger partial charge in [-0.2, -0.15) is 5.10 Å². The number of ketones is 1. The summed E-state index contributed by atoms with van der Waals surface area (Å²) in [6.07, 6.45) is 1.62. The first kappa shape index (κ1) is 20.8. The zero-order valence-corrected chi connectivity index (χ0v) is 17.9. The molecule has 0 aliphatic carbocycles. The molecule has 7 heteroatoms. The van der Waals surface area contributed by atoms with Crippen molar-refractivity contribution in [3.05, 3.63) is 76.9 Å². The number of carbonyl (C=O) groups excluding carboxylic acids is 2. The van der Waals surface area contributed by atoms with Gasteiger partial charge in [0.25, 0.3) is 5.91 Å². The minimum atomic E-state index is -0.414. The molecule has 2 aromatic carbocycles. The van der Waals surface area contributed by atoms with Crippen LogP contribution in [-0.4, -0.2) is 52.5 Å². The quantitative estimate of drug-likeness (QED) is 0.603. The molecule has 1 aromatic heterocycles. The van der Waals surface area contributed by atoms with Crippen molar-refractivity contribution < 1.29 is 14.0 Å². The van der Waals surface area contributed by atoms with Crippen molar-refractivity contribution >= 4 is 17.4 Å². The summed E-state index contributed by atoms with van der Waals surface area (Å²) in [5.41, 5.74) is 4.23. The number of aryl methyl sites for hydroxylation is 1. The highest BCUT2D eigenvalue weighted by Gasteiger charge is 2.26. The molecule has 4 rings (SSSR count). The maximum Gasteiger partial charge on any atom is 0.257 e. The lowest BCUT2D eigenvalue weighted by molar-refractivity contribution is 0.0745. The van der Waals surface area contributed by atoms with E-state index in [1.807, 2.05) is 43.0 Å². The molecule has 1 aliphatic heterocycles. The lowest BCUT2D eigenvalue weighted by Crippen LogP contribution is -2.49. The highest BCUT2D eigenvalue weighted by Crippen LogP contribution is 2.24. The Morgan fingerprint density at radius 1 is 0.968 bits per heavy atom. The zero-order valence-electron chi connectivity index (χ0n) is 17.9. The molecular weight excluding hydrogens is 395 g/mol. The Morgan fingerprint density at radius 2 is 1.68 bits per heavy atom. The van der Waals surface area contributed by atoms with E-state index in [4.69, 9.17) is 0 Å². The van der Waals surface area contributed by atoms with Crippen molar-refractivity contribution in [2.45, 2.75) is 20.8 Å². The van der Waals surface area contributed by atoms with E-state index in [2.05, 4.69) is 5.10 Å². The van der Waals surface area contributed by atoms with E-state index in [1.54, 1.807) is 27.9 Å². The second-order valence-electron chi connectivity index (χ2n) is 7.84. The van der Waals surface area contributed by atoms with Gasteiger partial charge in [-0.15, -0.1) is 0 Å². The van der Waals surface area contributed by atoms with Gasteiger partial charge < -0.3 is 9.80 Å². The molecule has 3 aromatic rings. The van der Waals surface area contributed by atoms with Crippen LogP contribution < -0.4 is 4.90 Å². The molecule has 2 heterocycles. The third-order valence-electron chi connectivity index (χ3n) is 5.85. The summed E-state index contributed by atoms with van der Waals surface area (Å²) in [5.74, 6) is -0.644. The van der Waals surface area contributed by atoms with E-state index in [0.717, 1.165) is 16.9 Å². The lowest BCUT2D eigenvalue weighted by Gasteiger charge is -2.36. The summed E-state index contributed by atoms with van der Waals surface area (Å²) in [6, 6.07) is 12.5. The van der Waals surface area contributed by atoms with Crippen molar-refractivity contribution in [3.8, 4) is 5.69 Å². The molecule has 1 aliphatic rings.